The van der Waals surface area contributed by atoms with Crippen molar-refractivity contribution in [1.82, 2.24) is 15.6 Å². The summed E-state index contributed by atoms with van der Waals surface area (Å²) in [5.41, 5.74) is 2.19. The molecule has 0 aliphatic carbocycles. The number of aliphatic imine (C=N–C) groups is 1. The number of para-hydroxylation sites is 1. The van der Waals surface area contributed by atoms with E-state index in [1.165, 1.54) is 5.56 Å². The monoisotopic (exact) mass is 297 g/mol. The van der Waals surface area contributed by atoms with Crippen molar-refractivity contribution in [2.45, 2.75) is 6.54 Å². The molecule has 0 bridgehead atoms. The maximum atomic E-state index is 4.67. The van der Waals surface area contributed by atoms with Crippen molar-refractivity contribution in [3.8, 4) is 0 Å². The van der Waals surface area contributed by atoms with E-state index >= 15 is 0 Å². The predicted molar refractivity (Wildman–Crippen MR) is 94.5 cm³/mol. The van der Waals surface area contributed by atoms with Crippen molar-refractivity contribution in [2.75, 3.05) is 32.6 Å². The fourth-order valence-corrected chi connectivity index (χ4v) is 2.18. The van der Waals surface area contributed by atoms with Crippen LogP contribution in [0.1, 0.15) is 5.56 Å². The van der Waals surface area contributed by atoms with Crippen molar-refractivity contribution in [3.63, 3.8) is 0 Å². The summed E-state index contributed by atoms with van der Waals surface area (Å²) in [5.74, 6) is 1.71. The first kappa shape index (κ1) is 15.8. The molecule has 0 saturated heterocycles. The lowest BCUT2D eigenvalue weighted by Crippen LogP contribution is -2.36. The minimum atomic E-state index is 0.680. The summed E-state index contributed by atoms with van der Waals surface area (Å²) in [6.45, 7) is 5.06. The van der Waals surface area contributed by atoms with Gasteiger partial charge in [0.25, 0.3) is 0 Å². The molecule has 1 aromatic carbocycles. The highest BCUT2D eigenvalue weighted by Gasteiger charge is 2.07. The van der Waals surface area contributed by atoms with E-state index in [0.29, 0.717) is 13.1 Å². The third-order valence-electron chi connectivity index (χ3n) is 3.33. The Morgan fingerprint density at radius 3 is 2.77 bits per heavy atom. The molecule has 0 aliphatic rings. The van der Waals surface area contributed by atoms with E-state index in [4.69, 9.17) is 0 Å². The Hall–Kier alpha value is -2.56. The molecule has 0 radical (unpaired) electrons. The van der Waals surface area contributed by atoms with E-state index in [-0.39, 0.29) is 0 Å². The average molecular weight is 297 g/mol. The number of benzene rings is 1. The molecule has 0 amide bonds. The highest BCUT2D eigenvalue weighted by atomic mass is 15.2. The molecule has 0 saturated carbocycles. The molecule has 22 heavy (non-hydrogen) atoms. The number of anilines is 1. The molecule has 0 spiro atoms. The van der Waals surface area contributed by atoms with Crippen LogP contribution >= 0.6 is 0 Å². The summed E-state index contributed by atoms with van der Waals surface area (Å²) in [5, 5.41) is 7.65. The number of nitrogens with one attached hydrogen (secondary N) is 2. The third-order valence-corrected chi connectivity index (χ3v) is 3.33. The highest BCUT2D eigenvalue weighted by Crippen LogP contribution is 2.21. The number of guanidine groups is 1. The molecule has 0 atom stereocenters. The van der Waals surface area contributed by atoms with Gasteiger partial charge in [-0.3, -0.25) is 4.99 Å². The second-order valence-corrected chi connectivity index (χ2v) is 5.15. The van der Waals surface area contributed by atoms with Crippen LogP contribution < -0.4 is 15.5 Å². The Labute approximate surface area is 131 Å². The summed E-state index contributed by atoms with van der Waals surface area (Å²) >= 11 is 0. The quantitative estimate of drug-likeness (QED) is 0.504. The number of pyridine rings is 1. The lowest BCUT2D eigenvalue weighted by atomic mass is 10.1. The van der Waals surface area contributed by atoms with Crippen LogP contribution in [0, 0.1) is 0 Å². The van der Waals surface area contributed by atoms with Gasteiger partial charge in [-0.15, -0.1) is 6.58 Å². The van der Waals surface area contributed by atoms with Gasteiger partial charge in [0, 0.05) is 39.6 Å². The Balaban J connectivity index is 2.27. The number of aromatic nitrogens is 1. The molecule has 1 aromatic heterocycles. The van der Waals surface area contributed by atoms with Crippen molar-refractivity contribution >= 4 is 22.7 Å². The van der Waals surface area contributed by atoms with Crippen LogP contribution in [0.3, 0.4) is 0 Å². The molecule has 2 aromatic rings. The van der Waals surface area contributed by atoms with Gasteiger partial charge >= 0.3 is 0 Å². The van der Waals surface area contributed by atoms with Crippen LogP contribution in [0.2, 0.25) is 0 Å². The van der Waals surface area contributed by atoms with Crippen LogP contribution in [-0.4, -0.2) is 38.6 Å². The summed E-state index contributed by atoms with van der Waals surface area (Å²) in [6.07, 6.45) is 1.80. The van der Waals surface area contributed by atoms with Gasteiger partial charge in [-0.05, 0) is 17.7 Å². The summed E-state index contributed by atoms with van der Waals surface area (Å²) in [4.78, 5) is 10.9. The van der Waals surface area contributed by atoms with Crippen molar-refractivity contribution in [2.24, 2.45) is 4.99 Å². The second-order valence-electron chi connectivity index (χ2n) is 5.15. The fourth-order valence-electron chi connectivity index (χ4n) is 2.18. The van der Waals surface area contributed by atoms with Gasteiger partial charge in [-0.1, -0.05) is 24.3 Å². The molecular formula is C17H23N5. The SMILES string of the molecule is C=CCNC(=NC)NCc1cc(N(C)C)nc2ccccc12. The zero-order valence-electron chi connectivity index (χ0n) is 13.4. The molecular weight excluding hydrogens is 274 g/mol. The molecule has 2 rings (SSSR count). The van der Waals surface area contributed by atoms with Crippen molar-refractivity contribution in [3.05, 3.63) is 48.6 Å². The zero-order chi connectivity index (χ0) is 15.9. The minimum absolute atomic E-state index is 0.680. The summed E-state index contributed by atoms with van der Waals surface area (Å²) in [7, 11) is 5.76. The Kier molecular flexibility index (Phi) is 5.36. The molecule has 2 N–H and O–H groups in total. The van der Waals surface area contributed by atoms with Gasteiger partial charge in [-0.2, -0.15) is 0 Å². The predicted octanol–water partition coefficient (Wildman–Crippen LogP) is 2.15. The summed E-state index contributed by atoms with van der Waals surface area (Å²) < 4.78 is 0. The lowest BCUT2D eigenvalue weighted by Gasteiger charge is -2.16. The minimum Gasteiger partial charge on any atom is -0.363 e. The van der Waals surface area contributed by atoms with Gasteiger partial charge in [0.2, 0.25) is 0 Å². The number of nitrogens with zero attached hydrogens (tertiary/aromatic N) is 3. The van der Waals surface area contributed by atoms with Gasteiger partial charge in [0.15, 0.2) is 5.96 Å². The number of hydrogen-bond donors (Lipinski definition) is 2. The van der Waals surface area contributed by atoms with E-state index in [9.17, 15) is 0 Å². The molecule has 0 aliphatic heterocycles. The van der Waals surface area contributed by atoms with Crippen LogP contribution in [0.25, 0.3) is 10.9 Å². The van der Waals surface area contributed by atoms with E-state index < -0.39 is 0 Å². The topological polar surface area (TPSA) is 52.6 Å². The maximum absolute atomic E-state index is 4.67. The van der Waals surface area contributed by atoms with Gasteiger partial charge in [0.1, 0.15) is 5.82 Å². The first-order chi connectivity index (χ1) is 10.7. The van der Waals surface area contributed by atoms with Crippen molar-refractivity contribution < 1.29 is 0 Å². The molecule has 1 heterocycles. The lowest BCUT2D eigenvalue weighted by molar-refractivity contribution is 0.850. The third kappa shape index (κ3) is 3.75. The Morgan fingerprint density at radius 1 is 1.32 bits per heavy atom. The molecule has 5 heteroatoms. The largest absolute Gasteiger partial charge is 0.363 e. The smallest absolute Gasteiger partial charge is 0.191 e. The van der Waals surface area contributed by atoms with Crippen molar-refractivity contribution in [1.29, 1.82) is 0 Å². The first-order valence-electron chi connectivity index (χ1n) is 7.27. The van der Waals surface area contributed by atoms with E-state index in [2.05, 4.69) is 39.3 Å². The zero-order valence-corrected chi connectivity index (χ0v) is 13.4. The van der Waals surface area contributed by atoms with E-state index in [1.807, 2.05) is 37.2 Å². The van der Waals surface area contributed by atoms with Crippen LogP contribution in [0.15, 0.2) is 48.0 Å². The Morgan fingerprint density at radius 2 is 2.09 bits per heavy atom. The van der Waals surface area contributed by atoms with Gasteiger partial charge < -0.3 is 15.5 Å². The normalized spacial score (nSPS) is 11.3. The highest BCUT2D eigenvalue weighted by molar-refractivity contribution is 5.85. The Bertz CT molecular complexity index is 676. The van der Waals surface area contributed by atoms with Gasteiger partial charge in [-0.25, -0.2) is 4.98 Å². The van der Waals surface area contributed by atoms with Gasteiger partial charge in [0.05, 0.1) is 5.52 Å². The molecule has 116 valence electrons. The first-order valence-corrected chi connectivity index (χ1v) is 7.27. The van der Waals surface area contributed by atoms with Crippen LogP contribution in [0.5, 0.6) is 0 Å². The van der Waals surface area contributed by atoms with E-state index in [1.54, 1.807) is 13.1 Å². The molecule has 5 nitrogen and oxygen atoms in total. The second kappa shape index (κ2) is 7.45. The molecule has 0 fully saturated rings. The average Bonchev–Trinajstić information content (AvgIpc) is 2.54. The maximum Gasteiger partial charge on any atom is 0.191 e. The van der Waals surface area contributed by atoms with Crippen LogP contribution in [-0.2, 0) is 6.54 Å². The van der Waals surface area contributed by atoms with E-state index in [0.717, 1.165) is 22.7 Å². The standard InChI is InChI=1S/C17H23N5/c1-5-10-19-17(18-2)20-12-13-11-16(22(3)4)21-15-9-7-6-8-14(13)15/h5-9,11H,1,10,12H2,2-4H3,(H2,18,19,20). The number of fused-ring (bicyclic) bond motifs is 1. The number of hydrogen-bond acceptors (Lipinski definition) is 3. The molecule has 0 unspecified atom stereocenters. The number of rotatable bonds is 5. The fraction of sp³-hybridized carbons (Fsp3) is 0.294. The van der Waals surface area contributed by atoms with Crippen LogP contribution in [0.4, 0.5) is 5.82 Å². The summed E-state index contributed by atoms with van der Waals surface area (Å²) in [6, 6.07) is 10.3.